The summed E-state index contributed by atoms with van der Waals surface area (Å²) in [5.41, 5.74) is 0.742. The molecule has 0 aromatic carbocycles. The number of rotatable bonds is 0. The Morgan fingerprint density at radius 1 is 1.38 bits per heavy atom. The van der Waals surface area contributed by atoms with Crippen LogP contribution in [0.25, 0.3) is 16.8 Å². The number of nitrogens with zero attached hydrogens (tertiary/aromatic N) is 5. The molecule has 0 amide bonds. The number of tetrazole rings is 1. The number of aromatic amines is 2. The largest absolute Gasteiger partial charge is 0.371 e. The lowest BCUT2D eigenvalue weighted by molar-refractivity contribution is 0.786. The minimum absolute atomic E-state index is 0.311. The Morgan fingerprint density at radius 2 is 2.31 bits per heavy atom. The van der Waals surface area contributed by atoms with Gasteiger partial charge in [0, 0.05) is 0 Å². The van der Waals surface area contributed by atoms with Crippen LogP contribution in [0.4, 0.5) is 0 Å². The quantitative estimate of drug-likeness (QED) is 0.443. The molecule has 3 heterocycles. The van der Waals surface area contributed by atoms with Crippen molar-refractivity contribution in [1.82, 2.24) is 35.0 Å². The molecule has 0 fully saturated rings. The predicted octanol–water partition coefficient (Wildman–Crippen LogP) is -1.31. The summed E-state index contributed by atoms with van der Waals surface area (Å²) >= 11 is 0. The monoisotopic (exact) mass is 177 g/mol. The third-order valence-corrected chi connectivity index (χ3v) is 1.72. The Morgan fingerprint density at radius 3 is 3.23 bits per heavy atom. The summed E-state index contributed by atoms with van der Waals surface area (Å²) in [5.74, 6) is 0. The van der Waals surface area contributed by atoms with Gasteiger partial charge in [0.1, 0.15) is 6.33 Å². The van der Waals surface area contributed by atoms with Gasteiger partial charge in [0.05, 0.1) is 0 Å². The van der Waals surface area contributed by atoms with Gasteiger partial charge in [0.25, 0.3) is 0 Å². The van der Waals surface area contributed by atoms with Gasteiger partial charge in [-0.1, -0.05) is 0 Å². The number of aromatic nitrogens is 7. The maximum absolute atomic E-state index is 11.2. The highest BCUT2D eigenvalue weighted by molar-refractivity contribution is 5.83. The van der Waals surface area contributed by atoms with E-state index in [1.165, 1.54) is 6.33 Å². The molecule has 8 heteroatoms. The minimum atomic E-state index is -0.461. The van der Waals surface area contributed by atoms with Crippen LogP contribution >= 0.6 is 0 Å². The summed E-state index contributed by atoms with van der Waals surface area (Å²) in [6.45, 7) is 0. The van der Waals surface area contributed by atoms with Crippen LogP contribution in [0.5, 0.6) is 0 Å². The van der Waals surface area contributed by atoms with E-state index in [-0.39, 0.29) is 0 Å². The average molecular weight is 177 g/mol. The smallest absolute Gasteiger partial charge is 0.243 e. The van der Waals surface area contributed by atoms with E-state index in [0.29, 0.717) is 16.8 Å². The third kappa shape index (κ3) is 0.662. The van der Waals surface area contributed by atoms with E-state index < -0.39 is 5.69 Å². The fourth-order valence-electron chi connectivity index (χ4n) is 1.17. The third-order valence-electron chi connectivity index (χ3n) is 1.72. The Bertz CT molecular complexity index is 631. The molecule has 0 unspecified atom stereocenters. The highest BCUT2D eigenvalue weighted by Gasteiger charge is 2.09. The van der Waals surface area contributed by atoms with Crippen molar-refractivity contribution < 1.29 is 0 Å². The average Bonchev–Trinajstić information content (AvgIpc) is 2.66. The normalized spacial score (nSPS) is 11.4. The zero-order valence-corrected chi connectivity index (χ0v) is 6.22. The van der Waals surface area contributed by atoms with Gasteiger partial charge >= 0.3 is 5.69 Å². The van der Waals surface area contributed by atoms with Crippen molar-refractivity contribution in [3.8, 4) is 0 Å². The molecule has 3 rings (SSSR count). The van der Waals surface area contributed by atoms with Crippen molar-refractivity contribution >= 4 is 16.8 Å². The van der Waals surface area contributed by atoms with Gasteiger partial charge in [0.15, 0.2) is 11.2 Å². The molecule has 0 aliphatic carbocycles. The van der Waals surface area contributed by atoms with E-state index in [2.05, 4.69) is 30.5 Å². The molecular weight excluding hydrogens is 174 g/mol. The van der Waals surface area contributed by atoms with Crippen molar-refractivity contribution in [3.63, 3.8) is 0 Å². The molecule has 3 aromatic heterocycles. The van der Waals surface area contributed by atoms with Crippen LogP contribution in [-0.2, 0) is 0 Å². The van der Waals surface area contributed by atoms with Gasteiger partial charge in [-0.05, 0) is 0 Å². The first kappa shape index (κ1) is 6.29. The number of hydrogen-bond acceptors (Lipinski definition) is 5. The molecule has 0 saturated heterocycles. The number of H-pyrrole nitrogens is 2. The Labute approximate surface area is 69.6 Å². The zero-order chi connectivity index (χ0) is 8.84. The summed E-state index contributed by atoms with van der Waals surface area (Å²) in [7, 11) is 0. The second kappa shape index (κ2) is 1.91. The fourth-order valence-corrected chi connectivity index (χ4v) is 1.17. The molecule has 0 aliphatic rings. The number of nitrogens with one attached hydrogen (secondary N) is 2. The van der Waals surface area contributed by atoms with Gasteiger partial charge in [-0.2, -0.15) is 9.50 Å². The van der Waals surface area contributed by atoms with Crippen LogP contribution in [-0.4, -0.2) is 35.0 Å². The van der Waals surface area contributed by atoms with Crippen molar-refractivity contribution in [1.29, 1.82) is 0 Å². The standard InChI is InChI=1S/C5H3N7O/c13-5-8-3-2(6-1-7-3)4-9-10-11-12(4)5/h1,10-11H. The van der Waals surface area contributed by atoms with Crippen LogP contribution in [0.1, 0.15) is 0 Å². The molecule has 64 valence electrons. The number of hydrogen-bond donors (Lipinski definition) is 2. The van der Waals surface area contributed by atoms with E-state index in [9.17, 15) is 4.79 Å². The molecule has 3 aromatic rings. The molecular formula is C5H3N7O. The lowest BCUT2D eigenvalue weighted by Gasteiger charge is -1.87. The highest BCUT2D eigenvalue weighted by Crippen LogP contribution is 2.06. The summed E-state index contributed by atoms with van der Waals surface area (Å²) < 4.78 is 1.16. The summed E-state index contributed by atoms with van der Waals surface area (Å²) in [6, 6.07) is 0. The second-order valence-corrected chi connectivity index (χ2v) is 2.43. The molecule has 0 aliphatic heterocycles. The first-order chi connectivity index (χ1) is 6.36. The van der Waals surface area contributed by atoms with Crippen molar-refractivity contribution in [3.05, 3.63) is 16.8 Å². The second-order valence-electron chi connectivity index (χ2n) is 2.43. The Hall–Kier alpha value is -2.25. The van der Waals surface area contributed by atoms with Crippen LogP contribution in [0, 0.1) is 0 Å². The van der Waals surface area contributed by atoms with E-state index >= 15 is 0 Å². The van der Waals surface area contributed by atoms with Gasteiger partial charge in [-0.3, -0.25) is 0 Å². The molecule has 8 nitrogen and oxygen atoms in total. The number of imidazole rings is 1. The number of fused-ring (bicyclic) bond motifs is 3. The van der Waals surface area contributed by atoms with Crippen molar-refractivity contribution in [2.24, 2.45) is 0 Å². The first-order valence-electron chi connectivity index (χ1n) is 3.48. The van der Waals surface area contributed by atoms with E-state index in [4.69, 9.17) is 0 Å². The molecule has 2 N–H and O–H groups in total. The molecule has 13 heavy (non-hydrogen) atoms. The minimum Gasteiger partial charge on any atom is -0.243 e. The highest BCUT2D eigenvalue weighted by atomic mass is 16.1. The first-order valence-corrected chi connectivity index (χ1v) is 3.48. The van der Waals surface area contributed by atoms with E-state index in [1.807, 2.05) is 0 Å². The summed E-state index contributed by atoms with van der Waals surface area (Å²) in [4.78, 5) is 22.7. The van der Waals surface area contributed by atoms with Gasteiger partial charge < -0.3 is 0 Å². The van der Waals surface area contributed by atoms with Gasteiger partial charge in [-0.15, -0.1) is 5.10 Å². The van der Waals surface area contributed by atoms with E-state index in [1.54, 1.807) is 0 Å². The zero-order valence-electron chi connectivity index (χ0n) is 6.22. The summed E-state index contributed by atoms with van der Waals surface area (Å²) in [5, 5.41) is 8.77. The van der Waals surface area contributed by atoms with Gasteiger partial charge in [-0.25, -0.2) is 25.2 Å². The SMILES string of the molecule is O=c1nc2ncnc2c2n[nH][nH]n12. The topological polar surface area (TPSA) is 105 Å². The van der Waals surface area contributed by atoms with Crippen LogP contribution in [0.3, 0.4) is 0 Å². The lowest BCUT2D eigenvalue weighted by atomic mass is 10.5. The predicted molar refractivity (Wildman–Crippen MR) is 41.1 cm³/mol. The van der Waals surface area contributed by atoms with Crippen LogP contribution in [0.15, 0.2) is 11.1 Å². The maximum atomic E-state index is 11.2. The molecule has 0 spiro atoms. The molecule has 0 atom stereocenters. The van der Waals surface area contributed by atoms with Crippen LogP contribution < -0.4 is 5.69 Å². The molecule has 0 radical (unpaired) electrons. The Balaban J connectivity index is 2.79. The molecule has 0 bridgehead atoms. The molecule has 0 saturated carbocycles. The maximum Gasteiger partial charge on any atom is 0.371 e. The lowest BCUT2D eigenvalue weighted by Crippen LogP contribution is -2.17. The van der Waals surface area contributed by atoms with Crippen LogP contribution in [0.2, 0.25) is 0 Å². The Kier molecular flexibility index (Phi) is 0.925. The van der Waals surface area contributed by atoms with E-state index in [0.717, 1.165) is 4.52 Å². The van der Waals surface area contributed by atoms with Crippen molar-refractivity contribution in [2.45, 2.75) is 0 Å². The fraction of sp³-hybridized carbons (Fsp3) is 0. The summed E-state index contributed by atoms with van der Waals surface area (Å²) in [6.07, 6.45) is 1.34. The van der Waals surface area contributed by atoms with Crippen molar-refractivity contribution in [2.75, 3.05) is 0 Å². The van der Waals surface area contributed by atoms with Gasteiger partial charge in [0.2, 0.25) is 5.65 Å².